The number of phenolic OH excluding ortho intramolecular Hbond substituents is 1. The number of aliphatic hydroxyl groups is 4. The van der Waals surface area contributed by atoms with Crippen molar-refractivity contribution in [3.63, 3.8) is 0 Å². The zero-order valence-corrected chi connectivity index (χ0v) is 16.8. The van der Waals surface area contributed by atoms with Crippen molar-refractivity contribution >= 4 is 5.78 Å². The molecule has 4 aliphatic rings. The van der Waals surface area contributed by atoms with Crippen molar-refractivity contribution in [2.45, 2.75) is 50.0 Å². The molecule has 9 heteroatoms. The topological polar surface area (TPSA) is 146 Å². The number of rotatable bonds is 3. The van der Waals surface area contributed by atoms with Gasteiger partial charge in [-0.1, -0.05) is 0 Å². The highest BCUT2D eigenvalue weighted by atomic mass is 16.7. The minimum atomic E-state index is -1.74. The van der Waals surface area contributed by atoms with Crippen molar-refractivity contribution < 1.29 is 44.5 Å². The molecule has 5 N–H and O–H groups in total. The van der Waals surface area contributed by atoms with Crippen LogP contribution in [0.4, 0.5) is 0 Å². The Morgan fingerprint density at radius 2 is 1.97 bits per heavy atom. The first-order valence-electron chi connectivity index (χ1n) is 9.86. The Morgan fingerprint density at radius 3 is 2.68 bits per heavy atom. The maximum Gasteiger partial charge on any atom is 0.277 e. The summed E-state index contributed by atoms with van der Waals surface area (Å²) in [6.07, 6.45) is 0.749. The van der Waals surface area contributed by atoms with E-state index in [1.165, 1.54) is 44.4 Å². The fraction of sp³-hybridized carbons (Fsp3) is 0.409. The van der Waals surface area contributed by atoms with Crippen molar-refractivity contribution in [3.05, 3.63) is 58.8 Å². The van der Waals surface area contributed by atoms with Gasteiger partial charge in [0.25, 0.3) is 6.29 Å². The van der Waals surface area contributed by atoms with E-state index in [0.717, 1.165) is 0 Å². The average molecular weight is 430 g/mol. The number of benzene rings is 1. The fourth-order valence-electron chi connectivity index (χ4n) is 4.56. The zero-order valence-electron chi connectivity index (χ0n) is 16.8. The van der Waals surface area contributed by atoms with Gasteiger partial charge >= 0.3 is 0 Å². The molecular formula is C22H22O9. The molecule has 164 valence electrons. The Balaban J connectivity index is 1.61. The van der Waals surface area contributed by atoms with Crippen LogP contribution in [0, 0.1) is 5.92 Å². The van der Waals surface area contributed by atoms with E-state index in [9.17, 15) is 30.3 Å². The molecule has 5 atom stereocenters. The van der Waals surface area contributed by atoms with E-state index >= 15 is 0 Å². The van der Waals surface area contributed by atoms with Gasteiger partial charge in [0.2, 0.25) is 0 Å². The number of hydrogen-bond acceptors (Lipinski definition) is 9. The first-order valence-corrected chi connectivity index (χ1v) is 9.86. The lowest BCUT2D eigenvalue weighted by Gasteiger charge is -2.36. The molecule has 1 saturated heterocycles. The molecule has 1 fully saturated rings. The Kier molecular flexibility index (Phi) is 4.02. The summed E-state index contributed by atoms with van der Waals surface area (Å²) in [6.45, 7) is 3.08. The number of aromatic hydroxyl groups is 1. The predicted octanol–water partition coefficient (Wildman–Crippen LogP) is 1.49. The number of fused-ring (bicyclic) bond motifs is 5. The van der Waals surface area contributed by atoms with Gasteiger partial charge in [0.1, 0.15) is 40.6 Å². The van der Waals surface area contributed by atoms with E-state index in [2.05, 4.69) is 0 Å². The monoisotopic (exact) mass is 430 g/mol. The van der Waals surface area contributed by atoms with Gasteiger partial charge in [0, 0.05) is 12.0 Å². The molecule has 1 aromatic carbocycles. The van der Waals surface area contributed by atoms with Crippen LogP contribution in [0.3, 0.4) is 0 Å². The zero-order chi connectivity index (χ0) is 22.3. The number of phenols is 1. The number of Topliss-reactive ketones (excluding diaryl/α,β-unsaturated/α-hetero) is 1. The number of hydrogen-bond donors (Lipinski definition) is 5. The predicted molar refractivity (Wildman–Crippen MR) is 104 cm³/mol. The number of aliphatic hydroxyl groups excluding tert-OH is 2. The number of ether oxygens (including phenoxy) is 3. The molecule has 0 aromatic heterocycles. The second-order valence-corrected chi connectivity index (χ2v) is 8.84. The summed E-state index contributed by atoms with van der Waals surface area (Å²) < 4.78 is 16.8. The summed E-state index contributed by atoms with van der Waals surface area (Å²) in [4.78, 5) is 13.4. The SMILES string of the molecule is CC(C)(O)C[C@H](O)c1ccc(O)c2c1OC1C=C3O[C@H]4OC=C[C@@]4(O)C3=C(O)C1C2=O. The molecule has 3 heterocycles. The summed E-state index contributed by atoms with van der Waals surface area (Å²) in [5.74, 6) is -2.54. The van der Waals surface area contributed by atoms with Gasteiger partial charge in [-0.25, -0.2) is 0 Å². The number of carbonyl (C=O) groups excluding carboxylic acids is 1. The lowest BCUT2D eigenvalue weighted by Crippen LogP contribution is -2.43. The van der Waals surface area contributed by atoms with Gasteiger partial charge in [-0.3, -0.25) is 4.79 Å². The maximum absolute atomic E-state index is 13.4. The smallest absolute Gasteiger partial charge is 0.277 e. The van der Waals surface area contributed by atoms with Gasteiger partial charge in [-0.15, -0.1) is 0 Å². The average Bonchev–Trinajstić information content (AvgIpc) is 3.13. The van der Waals surface area contributed by atoms with Gasteiger partial charge in [0.15, 0.2) is 11.4 Å². The Morgan fingerprint density at radius 1 is 1.23 bits per heavy atom. The van der Waals surface area contributed by atoms with Crippen LogP contribution < -0.4 is 4.74 Å². The van der Waals surface area contributed by atoms with Crippen LogP contribution in [0.2, 0.25) is 0 Å². The molecule has 0 spiro atoms. The maximum atomic E-state index is 13.4. The molecule has 0 amide bonds. The quantitative estimate of drug-likeness (QED) is 0.481. The normalized spacial score (nSPS) is 31.6. The van der Waals surface area contributed by atoms with Gasteiger partial charge in [0.05, 0.1) is 23.5 Å². The summed E-state index contributed by atoms with van der Waals surface area (Å²) in [6, 6.07) is 2.68. The van der Waals surface area contributed by atoms with Gasteiger partial charge in [-0.05, 0) is 38.1 Å². The van der Waals surface area contributed by atoms with Crippen molar-refractivity contribution in [1.29, 1.82) is 0 Å². The minimum absolute atomic E-state index is 0.0191. The second kappa shape index (κ2) is 6.25. The standard InChI is InChI=1S/C22H22O9/c1-21(2,27)8-11(24)9-3-4-10(23)14-17(25)15-12(30-19(9)14)7-13-16(18(15)26)22(28)5-6-29-20(22)31-13/h3-7,11-12,15,20,23-24,26-28H,8H2,1-2H3/t11-,12?,15?,20+,22+/m0/s1. The number of ketones is 1. The highest BCUT2D eigenvalue weighted by molar-refractivity contribution is 6.06. The first-order chi connectivity index (χ1) is 14.5. The van der Waals surface area contributed by atoms with Crippen LogP contribution in [0.15, 0.2) is 47.6 Å². The Labute approximate surface area is 177 Å². The van der Waals surface area contributed by atoms with E-state index in [1.54, 1.807) is 0 Å². The molecule has 0 radical (unpaired) electrons. The van der Waals surface area contributed by atoms with Gasteiger partial charge in [-0.2, -0.15) is 0 Å². The van der Waals surface area contributed by atoms with Crippen LogP contribution in [0.1, 0.15) is 42.3 Å². The molecule has 1 aliphatic carbocycles. The summed E-state index contributed by atoms with van der Waals surface area (Å²) in [7, 11) is 0. The first kappa shape index (κ1) is 19.9. The summed E-state index contributed by atoms with van der Waals surface area (Å²) >= 11 is 0. The molecular weight excluding hydrogens is 408 g/mol. The van der Waals surface area contributed by atoms with E-state index < -0.39 is 47.2 Å². The van der Waals surface area contributed by atoms with E-state index in [1.807, 2.05) is 0 Å². The molecule has 2 unspecified atom stereocenters. The Hall–Kier alpha value is -3.01. The van der Waals surface area contributed by atoms with Gasteiger partial charge < -0.3 is 39.7 Å². The molecule has 0 bridgehead atoms. The third kappa shape index (κ3) is 2.77. The van der Waals surface area contributed by atoms with E-state index in [-0.39, 0.29) is 40.4 Å². The highest BCUT2D eigenvalue weighted by Gasteiger charge is 2.59. The molecule has 9 nitrogen and oxygen atoms in total. The molecule has 0 saturated carbocycles. The van der Waals surface area contributed by atoms with Crippen LogP contribution in [-0.4, -0.2) is 54.9 Å². The third-order valence-electron chi connectivity index (χ3n) is 5.96. The van der Waals surface area contributed by atoms with E-state index in [4.69, 9.17) is 14.2 Å². The third-order valence-corrected chi connectivity index (χ3v) is 5.96. The van der Waals surface area contributed by atoms with Crippen LogP contribution in [0.25, 0.3) is 0 Å². The highest BCUT2D eigenvalue weighted by Crippen LogP contribution is 2.52. The largest absolute Gasteiger partial charge is 0.511 e. The minimum Gasteiger partial charge on any atom is -0.511 e. The van der Waals surface area contributed by atoms with Crippen molar-refractivity contribution in [1.82, 2.24) is 0 Å². The lowest BCUT2D eigenvalue weighted by atomic mass is 9.78. The van der Waals surface area contributed by atoms with Crippen molar-refractivity contribution in [3.8, 4) is 11.5 Å². The fourth-order valence-corrected chi connectivity index (χ4v) is 4.56. The van der Waals surface area contributed by atoms with Crippen LogP contribution >= 0.6 is 0 Å². The number of carbonyl (C=O) groups is 1. The molecule has 5 rings (SSSR count). The van der Waals surface area contributed by atoms with Crippen molar-refractivity contribution in [2.24, 2.45) is 5.92 Å². The summed E-state index contributed by atoms with van der Waals surface area (Å²) in [5.41, 5.74) is -2.87. The van der Waals surface area contributed by atoms with Crippen LogP contribution in [0.5, 0.6) is 11.5 Å². The lowest BCUT2D eigenvalue weighted by molar-refractivity contribution is -0.109. The second-order valence-electron chi connectivity index (χ2n) is 8.84. The van der Waals surface area contributed by atoms with Crippen molar-refractivity contribution in [2.75, 3.05) is 0 Å². The molecule has 3 aliphatic heterocycles. The molecule has 31 heavy (non-hydrogen) atoms. The van der Waals surface area contributed by atoms with Crippen LogP contribution in [-0.2, 0) is 9.47 Å². The molecule has 1 aromatic rings. The Bertz CT molecular complexity index is 1080. The summed E-state index contributed by atoms with van der Waals surface area (Å²) in [5, 5.41) is 52.9. The van der Waals surface area contributed by atoms with E-state index in [0.29, 0.717) is 0 Å².